The number of primary amides is 1. The van der Waals surface area contributed by atoms with Gasteiger partial charge in [-0.25, -0.2) is 4.79 Å². The molecule has 2 aliphatic heterocycles. The van der Waals surface area contributed by atoms with E-state index in [9.17, 15) is 14.4 Å². The Morgan fingerprint density at radius 2 is 1.85 bits per heavy atom. The number of nitrogens with zero attached hydrogens (tertiary/aromatic N) is 2. The molecule has 2 saturated heterocycles. The summed E-state index contributed by atoms with van der Waals surface area (Å²) in [5, 5.41) is 8.89. The van der Waals surface area contributed by atoms with E-state index >= 15 is 0 Å². The van der Waals surface area contributed by atoms with Crippen LogP contribution in [0.15, 0.2) is 0 Å². The highest BCUT2D eigenvalue weighted by Crippen LogP contribution is 2.24. The molecule has 2 atom stereocenters. The Morgan fingerprint density at radius 3 is 2.50 bits per heavy atom. The number of aliphatic carboxylic acids is 1. The van der Waals surface area contributed by atoms with Crippen LogP contribution < -0.4 is 5.73 Å². The predicted molar refractivity (Wildman–Crippen MR) is 70.9 cm³/mol. The van der Waals surface area contributed by atoms with Gasteiger partial charge in [-0.3, -0.25) is 9.59 Å². The zero-order chi connectivity index (χ0) is 14.7. The molecule has 2 heterocycles. The number of piperidine rings is 1. The van der Waals surface area contributed by atoms with Crippen LogP contribution >= 0.6 is 0 Å². The predicted octanol–water partition coefficient (Wildman–Crippen LogP) is 0.243. The van der Waals surface area contributed by atoms with Gasteiger partial charge in [0.15, 0.2) is 0 Å². The van der Waals surface area contributed by atoms with Gasteiger partial charge in [0.25, 0.3) is 0 Å². The maximum absolute atomic E-state index is 12.5. The van der Waals surface area contributed by atoms with Crippen LogP contribution in [0, 0.1) is 5.92 Å². The van der Waals surface area contributed by atoms with Crippen LogP contribution in [0.25, 0.3) is 0 Å². The molecule has 2 aliphatic rings. The molecule has 0 saturated carbocycles. The van der Waals surface area contributed by atoms with Crippen LogP contribution in [0.4, 0.5) is 4.79 Å². The molecule has 0 aromatic heterocycles. The van der Waals surface area contributed by atoms with E-state index in [-0.39, 0.29) is 30.3 Å². The second kappa shape index (κ2) is 6.11. The Labute approximate surface area is 117 Å². The first-order valence-electron chi connectivity index (χ1n) is 7.05. The van der Waals surface area contributed by atoms with Crippen molar-refractivity contribution in [2.24, 2.45) is 11.7 Å². The highest BCUT2D eigenvalue weighted by molar-refractivity contribution is 5.80. The van der Waals surface area contributed by atoms with E-state index in [2.05, 4.69) is 0 Å². The summed E-state index contributed by atoms with van der Waals surface area (Å²) in [4.78, 5) is 37.8. The fourth-order valence-electron chi connectivity index (χ4n) is 3.07. The molecule has 0 spiro atoms. The largest absolute Gasteiger partial charge is 0.481 e. The molecule has 2 rings (SSSR count). The summed E-state index contributed by atoms with van der Waals surface area (Å²) in [6.45, 7) is 1.55. The van der Waals surface area contributed by atoms with Gasteiger partial charge in [0.05, 0.1) is 12.3 Å². The van der Waals surface area contributed by atoms with E-state index in [1.807, 2.05) is 0 Å². The van der Waals surface area contributed by atoms with Crippen molar-refractivity contribution in [3.63, 3.8) is 0 Å². The van der Waals surface area contributed by atoms with E-state index in [0.717, 1.165) is 25.7 Å². The monoisotopic (exact) mass is 283 g/mol. The third-order valence-electron chi connectivity index (χ3n) is 4.13. The van der Waals surface area contributed by atoms with Crippen LogP contribution in [0.3, 0.4) is 0 Å². The van der Waals surface area contributed by atoms with Crippen molar-refractivity contribution in [1.29, 1.82) is 0 Å². The lowest BCUT2D eigenvalue weighted by molar-refractivity contribution is -0.138. The number of carbonyl (C=O) groups is 3. The number of nitrogens with two attached hydrogens (primary N) is 1. The van der Waals surface area contributed by atoms with Gasteiger partial charge in [-0.2, -0.15) is 0 Å². The Morgan fingerprint density at radius 1 is 1.15 bits per heavy atom. The standard InChI is InChI=1S/C13H21N3O4/c14-12(19)9-3-1-5-15(8-9)13(20)16-6-2-4-10(16)7-11(17)18/h9-10H,1-8H2,(H2,14,19)(H,17,18). The molecule has 0 radical (unpaired) electrons. The molecule has 3 N–H and O–H groups in total. The third kappa shape index (κ3) is 3.20. The van der Waals surface area contributed by atoms with Gasteiger partial charge in [-0.15, -0.1) is 0 Å². The van der Waals surface area contributed by atoms with E-state index < -0.39 is 5.97 Å². The lowest BCUT2D eigenvalue weighted by Gasteiger charge is -2.36. The lowest BCUT2D eigenvalue weighted by atomic mass is 9.98. The molecular weight excluding hydrogens is 262 g/mol. The van der Waals surface area contributed by atoms with Crippen molar-refractivity contribution in [2.45, 2.75) is 38.1 Å². The Bertz CT molecular complexity index is 412. The summed E-state index contributed by atoms with van der Waals surface area (Å²) in [6, 6.07) is -0.381. The highest BCUT2D eigenvalue weighted by Gasteiger charge is 2.35. The van der Waals surface area contributed by atoms with E-state index in [1.165, 1.54) is 0 Å². The summed E-state index contributed by atoms with van der Waals surface area (Å²) in [5.74, 6) is -1.54. The minimum absolute atomic E-state index is 0.0151. The van der Waals surface area contributed by atoms with Gasteiger partial charge < -0.3 is 20.6 Å². The molecule has 0 bridgehead atoms. The van der Waals surface area contributed by atoms with Gasteiger partial charge in [0.2, 0.25) is 5.91 Å². The summed E-state index contributed by atoms with van der Waals surface area (Å²) in [6.07, 6.45) is 3.02. The zero-order valence-electron chi connectivity index (χ0n) is 11.5. The summed E-state index contributed by atoms with van der Waals surface area (Å²) in [7, 11) is 0. The minimum atomic E-state index is -0.886. The van der Waals surface area contributed by atoms with Crippen molar-refractivity contribution < 1.29 is 19.5 Å². The molecule has 0 aromatic carbocycles. The summed E-state index contributed by atoms with van der Waals surface area (Å²) < 4.78 is 0. The fraction of sp³-hybridized carbons (Fsp3) is 0.769. The number of carboxylic acid groups (broad SMARTS) is 1. The summed E-state index contributed by atoms with van der Waals surface area (Å²) in [5.41, 5.74) is 5.31. The van der Waals surface area contributed by atoms with Crippen LogP contribution in [0.5, 0.6) is 0 Å². The molecular formula is C13H21N3O4. The topological polar surface area (TPSA) is 104 Å². The smallest absolute Gasteiger partial charge is 0.320 e. The zero-order valence-corrected chi connectivity index (χ0v) is 11.5. The maximum Gasteiger partial charge on any atom is 0.320 e. The summed E-state index contributed by atoms with van der Waals surface area (Å²) >= 11 is 0. The first kappa shape index (κ1) is 14.6. The lowest BCUT2D eigenvalue weighted by Crippen LogP contribution is -2.51. The van der Waals surface area contributed by atoms with Crippen LogP contribution in [-0.2, 0) is 9.59 Å². The van der Waals surface area contributed by atoms with Crippen molar-refractivity contribution in [2.75, 3.05) is 19.6 Å². The number of urea groups is 1. The minimum Gasteiger partial charge on any atom is -0.481 e. The molecule has 0 aromatic rings. The first-order valence-corrected chi connectivity index (χ1v) is 7.05. The SMILES string of the molecule is NC(=O)C1CCCN(C(=O)N2CCCC2CC(=O)O)C1. The number of rotatable bonds is 3. The number of carbonyl (C=O) groups excluding carboxylic acids is 2. The number of amides is 3. The average Bonchev–Trinajstić information content (AvgIpc) is 2.85. The van der Waals surface area contributed by atoms with Gasteiger partial charge in [0.1, 0.15) is 0 Å². The number of hydrogen-bond acceptors (Lipinski definition) is 3. The van der Waals surface area contributed by atoms with E-state index in [0.29, 0.717) is 19.6 Å². The van der Waals surface area contributed by atoms with Gasteiger partial charge in [0, 0.05) is 25.7 Å². The van der Waals surface area contributed by atoms with Crippen molar-refractivity contribution in [1.82, 2.24) is 9.80 Å². The quantitative estimate of drug-likeness (QED) is 0.774. The van der Waals surface area contributed by atoms with Gasteiger partial charge >= 0.3 is 12.0 Å². The maximum atomic E-state index is 12.5. The molecule has 7 heteroatoms. The van der Waals surface area contributed by atoms with Gasteiger partial charge in [-0.1, -0.05) is 0 Å². The molecule has 2 fully saturated rings. The second-order valence-corrected chi connectivity index (χ2v) is 5.56. The van der Waals surface area contributed by atoms with Crippen molar-refractivity contribution in [3.8, 4) is 0 Å². The molecule has 2 unspecified atom stereocenters. The van der Waals surface area contributed by atoms with Crippen LogP contribution in [0.1, 0.15) is 32.1 Å². The number of likely N-dealkylation sites (tertiary alicyclic amines) is 2. The van der Waals surface area contributed by atoms with E-state index in [1.54, 1.807) is 9.80 Å². The number of carboxylic acids is 1. The van der Waals surface area contributed by atoms with Crippen molar-refractivity contribution >= 4 is 17.9 Å². The Balaban J connectivity index is 1.99. The number of hydrogen-bond donors (Lipinski definition) is 2. The normalized spacial score (nSPS) is 26.6. The Kier molecular flexibility index (Phi) is 4.46. The average molecular weight is 283 g/mol. The molecule has 7 nitrogen and oxygen atoms in total. The van der Waals surface area contributed by atoms with Crippen LogP contribution in [0.2, 0.25) is 0 Å². The van der Waals surface area contributed by atoms with E-state index in [4.69, 9.17) is 10.8 Å². The van der Waals surface area contributed by atoms with Gasteiger partial charge in [-0.05, 0) is 25.7 Å². The molecule has 3 amide bonds. The molecule has 0 aliphatic carbocycles. The van der Waals surface area contributed by atoms with Crippen LogP contribution in [-0.4, -0.2) is 58.5 Å². The Hall–Kier alpha value is -1.79. The fourth-order valence-corrected chi connectivity index (χ4v) is 3.07. The third-order valence-corrected chi connectivity index (χ3v) is 4.13. The second-order valence-electron chi connectivity index (χ2n) is 5.56. The first-order chi connectivity index (χ1) is 9.49. The molecule has 20 heavy (non-hydrogen) atoms. The molecule has 112 valence electrons. The highest BCUT2D eigenvalue weighted by atomic mass is 16.4. The van der Waals surface area contributed by atoms with Crippen molar-refractivity contribution in [3.05, 3.63) is 0 Å².